The van der Waals surface area contributed by atoms with Crippen molar-refractivity contribution in [1.29, 1.82) is 0 Å². The van der Waals surface area contributed by atoms with Gasteiger partial charge in [0.25, 0.3) is 0 Å². The maximum absolute atomic E-state index is 11.6. The van der Waals surface area contributed by atoms with Gasteiger partial charge in [-0.25, -0.2) is 0 Å². The molecule has 4 aliphatic heterocycles. The standard InChI is InChI=1S/C68H87N3O14/c1-42-44(3)57(72)66(79-53(42)39-73-34-48-24-14-9-15-25-48)78-41-54-43(2)45(4)61(77-38-52-32-22-13-23-33-52)67(80-54)82-58-46(5)56(70-71-69)65(81-55(58)40-74-35-49-26-16-10-17-27-49)83-62-59(75-36-50-28-18-11-19-29-50)47(6)60(63-64(62)85-68(7,8)84-63)76-37-51-30-20-12-21-31-51/h9-33,42-47,53-67,72H,34-41H2,1-8H3. The van der Waals surface area contributed by atoms with Crippen molar-refractivity contribution in [3.63, 3.8) is 0 Å². The molecule has 0 radical (unpaired) electrons. The van der Waals surface area contributed by atoms with Gasteiger partial charge in [0.2, 0.25) is 0 Å². The zero-order valence-electron chi connectivity index (χ0n) is 50.3. The Morgan fingerprint density at radius 2 is 0.835 bits per heavy atom. The third-order valence-corrected chi connectivity index (χ3v) is 18.1. The SMILES string of the molecule is CC1C(COCc2ccccc2)OC(OCC2OC(OC3C(COCc4ccccc4)OC(OC4C(OCc5ccccc5)C(C)C(OCc5ccccc5)C5OC(C)(C)OC45)C(N=[N+]=[N-])C3C)C(OCc3ccccc3)C(C)C2C)C(O)C1C. The average Bonchev–Trinajstić information content (AvgIpc) is 2.03. The molecule has 21 unspecified atom stereocenters. The highest BCUT2D eigenvalue weighted by atomic mass is 16.8. The van der Waals surface area contributed by atoms with Crippen molar-refractivity contribution < 1.29 is 66.7 Å². The Morgan fingerprint density at radius 1 is 0.424 bits per heavy atom. The summed E-state index contributed by atoms with van der Waals surface area (Å²) in [4.78, 5) is 3.42. The topological polar surface area (TPSA) is 189 Å². The highest BCUT2D eigenvalue weighted by molar-refractivity contribution is 5.18. The fraction of sp³-hybridized carbons (Fsp3) is 0.559. The van der Waals surface area contributed by atoms with Crippen LogP contribution in [0.15, 0.2) is 157 Å². The lowest BCUT2D eigenvalue weighted by Gasteiger charge is -2.51. The normalized spacial score (nSPS) is 35.4. The number of ether oxygens (including phenoxy) is 13. The zero-order chi connectivity index (χ0) is 59.5. The number of rotatable bonds is 25. The summed E-state index contributed by atoms with van der Waals surface area (Å²) < 4.78 is 88.9. The summed E-state index contributed by atoms with van der Waals surface area (Å²) in [5.41, 5.74) is 15.5. The second-order valence-electron chi connectivity index (χ2n) is 24.4. The Morgan fingerprint density at radius 3 is 1.35 bits per heavy atom. The van der Waals surface area contributed by atoms with Gasteiger partial charge in [0, 0.05) is 10.8 Å². The first-order valence-corrected chi connectivity index (χ1v) is 30.4. The van der Waals surface area contributed by atoms with Gasteiger partial charge in [0.1, 0.15) is 36.6 Å². The van der Waals surface area contributed by atoms with Crippen LogP contribution < -0.4 is 0 Å². The van der Waals surface area contributed by atoms with E-state index in [1.807, 2.05) is 179 Å². The zero-order valence-corrected chi connectivity index (χ0v) is 50.3. The molecule has 458 valence electrons. The fourth-order valence-corrected chi connectivity index (χ4v) is 12.7. The number of fused-ring (bicyclic) bond motifs is 1. The molecule has 0 aromatic heterocycles. The van der Waals surface area contributed by atoms with Gasteiger partial charge in [-0.05, 0) is 76.8 Å². The number of hydrogen-bond acceptors (Lipinski definition) is 15. The minimum Gasteiger partial charge on any atom is -0.388 e. The van der Waals surface area contributed by atoms with E-state index in [1.54, 1.807) is 0 Å². The summed E-state index contributed by atoms with van der Waals surface area (Å²) in [6.45, 7) is 18.4. The molecule has 0 spiro atoms. The second kappa shape index (κ2) is 29.7. The predicted octanol–water partition coefficient (Wildman–Crippen LogP) is 11.5. The molecule has 5 fully saturated rings. The van der Waals surface area contributed by atoms with Crippen molar-refractivity contribution >= 4 is 0 Å². The molecule has 1 N–H and O–H groups in total. The molecule has 1 aliphatic carbocycles. The van der Waals surface area contributed by atoms with Crippen LogP contribution in [0.5, 0.6) is 0 Å². The van der Waals surface area contributed by atoms with Crippen LogP contribution in [0.1, 0.15) is 83.2 Å². The summed E-state index contributed by atoms with van der Waals surface area (Å²) in [5.74, 6) is -2.21. The molecule has 1 saturated carbocycles. The smallest absolute Gasteiger partial charge is 0.184 e. The Kier molecular flexibility index (Phi) is 22.0. The molecule has 5 aliphatic rings. The van der Waals surface area contributed by atoms with E-state index >= 15 is 0 Å². The van der Waals surface area contributed by atoms with E-state index in [-0.39, 0.29) is 55.5 Å². The lowest BCUT2D eigenvalue weighted by molar-refractivity contribution is -0.352. The molecule has 4 heterocycles. The molecular weight excluding hydrogens is 1080 g/mol. The Labute approximate surface area is 501 Å². The largest absolute Gasteiger partial charge is 0.388 e. The van der Waals surface area contributed by atoms with E-state index in [2.05, 4.69) is 37.7 Å². The van der Waals surface area contributed by atoms with Gasteiger partial charge in [-0.1, -0.05) is 198 Å². The molecule has 0 amide bonds. The summed E-state index contributed by atoms with van der Waals surface area (Å²) in [6, 6.07) is 49.1. The number of benzene rings is 5. The van der Waals surface area contributed by atoms with Crippen LogP contribution in [0.4, 0.5) is 0 Å². The van der Waals surface area contributed by atoms with E-state index in [0.29, 0.717) is 33.0 Å². The molecule has 4 saturated heterocycles. The van der Waals surface area contributed by atoms with E-state index in [9.17, 15) is 10.6 Å². The number of azide groups is 1. The van der Waals surface area contributed by atoms with E-state index in [0.717, 1.165) is 27.8 Å². The number of aliphatic hydroxyl groups excluding tert-OH is 1. The maximum atomic E-state index is 11.6. The number of nitrogens with zero attached hydrogens (tertiary/aromatic N) is 3. The van der Waals surface area contributed by atoms with Gasteiger partial charge in [-0.2, -0.15) is 0 Å². The van der Waals surface area contributed by atoms with E-state index < -0.39 is 97.7 Å². The lowest BCUT2D eigenvalue weighted by atomic mass is 9.78. The highest BCUT2D eigenvalue weighted by Crippen LogP contribution is 2.46. The van der Waals surface area contributed by atoms with Crippen molar-refractivity contribution in [3.05, 3.63) is 190 Å². The average molecular weight is 1170 g/mol. The first kappa shape index (κ1) is 62.9. The van der Waals surface area contributed by atoms with Gasteiger partial charge < -0.3 is 66.7 Å². The molecule has 17 heteroatoms. The van der Waals surface area contributed by atoms with Crippen molar-refractivity contribution in [3.8, 4) is 0 Å². The molecule has 21 atom stereocenters. The quantitative estimate of drug-likeness (QED) is 0.0330. The van der Waals surface area contributed by atoms with Gasteiger partial charge in [0.05, 0.1) is 89.4 Å². The van der Waals surface area contributed by atoms with E-state index in [1.165, 1.54) is 0 Å². The molecule has 0 bridgehead atoms. The van der Waals surface area contributed by atoms with Crippen molar-refractivity contribution in [2.45, 2.75) is 186 Å². The second-order valence-corrected chi connectivity index (χ2v) is 24.4. The van der Waals surface area contributed by atoms with Crippen LogP contribution >= 0.6 is 0 Å². The van der Waals surface area contributed by atoms with Crippen molar-refractivity contribution in [2.24, 2.45) is 40.6 Å². The van der Waals surface area contributed by atoms with Crippen LogP contribution in [0.2, 0.25) is 0 Å². The van der Waals surface area contributed by atoms with Crippen molar-refractivity contribution in [1.82, 2.24) is 0 Å². The van der Waals surface area contributed by atoms with Gasteiger partial charge in [0.15, 0.2) is 24.7 Å². The highest BCUT2D eigenvalue weighted by Gasteiger charge is 2.61. The van der Waals surface area contributed by atoms with Crippen LogP contribution in [0.3, 0.4) is 0 Å². The lowest BCUT2D eigenvalue weighted by Crippen LogP contribution is -2.64. The Hall–Kier alpha value is -5.15. The van der Waals surface area contributed by atoms with Gasteiger partial charge in [-0.15, -0.1) is 0 Å². The summed E-state index contributed by atoms with van der Waals surface area (Å²) >= 11 is 0. The molecule has 5 aromatic carbocycles. The maximum Gasteiger partial charge on any atom is 0.184 e. The third kappa shape index (κ3) is 15.8. The van der Waals surface area contributed by atoms with Crippen LogP contribution in [-0.4, -0.2) is 123 Å². The number of hydrogen-bond donors (Lipinski definition) is 1. The third-order valence-electron chi connectivity index (χ3n) is 18.1. The van der Waals surface area contributed by atoms with Crippen LogP contribution in [0.25, 0.3) is 10.4 Å². The van der Waals surface area contributed by atoms with Gasteiger partial charge in [-0.3, -0.25) is 0 Å². The van der Waals surface area contributed by atoms with E-state index in [4.69, 9.17) is 61.6 Å². The monoisotopic (exact) mass is 1170 g/mol. The first-order chi connectivity index (χ1) is 41.2. The van der Waals surface area contributed by atoms with Gasteiger partial charge >= 0.3 is 0 Å². The minimum absolute atomic E-state index is 0.00573. The fourth-order valence-electron chi connectivity index (χ4n) is 12.7. The summed E-state index contributed by atoms with van der Waals surface area (Å²) in [6.07, 6.45) is -10.1. The molecule has 5 aromatic rings. The Bertz CT molecular complexity index is 2820. The Balaban J connectivity index is 0.924. The molecular formula is C68H87N3O14. The van der Waals surface area contributed by atoms with Crippen LogP contribution in [0, 0.1) is 35.5 Å². The first-order valence-electron chi connectivity index (χ1n) is 30.4. The molecule has 17 nitrogen and oxygen atoms in total. The number of aliphatic hydroxyl groups is 1. The summed E-state index contributed by atoms with van der Waals surface area (Å²) in [7, 11) is 0. The molecule has 85 heavy (non-hydrogen) atoms. The minimum atomic E-state index is -1.14. The van der Waals surface area contributed by atoms with Crippen LogP contribution in [-0.2, 0) is 94.6 Å². The summed E-state index contributed by atoms with van der Waals surface area (Å²) in [5, 5.41) is 16.1. The van der Waals surface area contributed by atoms with Crippen molar-refractivity contribution in [2.75, 3.05) is 19.8 Å². The molecule has 10 rings (SSSR count). The predicted molar refractivity (Wildman–Crippen MR) is 317 cm³/mol.